The molecular formula is C44H45Cl2NSiZr-4. The van der Waals surface area contributed by atoms with E-state index in [0.717, 1.165) is 0 Å². The number of hydrogen-bond acceptors (Lipinski definition) is 1. The molecular weight excluding hydrogens is 733 g/mol. The van der Waals surface area contributed by atoms with E-state index in [1.54, 1.807) is 0 Å². The predicted octanol–water partition coefficient (Wildman–Crippen LogP) is 12.6. The molecule has 0 fully saturated rings. The minimum atomic E-state index is 0. The molecule has 6 aromatic rings. The summed E-state index contributed by atoms with van der Waals surface area (Å²) in [6.45, 7) is 14.1. The fraction of sp³-hybridized carbons (Fsp3) is 0.159. The van der Waals surface area contributed by atoms with Gasteiger partial charge in [-0.1, -0.05) is 124 Å². The van der Waals surface area contributed by atoms with Crippen LogP contribution in [0, 0.1) is 40.7 Å². The van der Waals surface area contributed by atoms with Gasteiger partial charge in [-0.15, -0.1) is 88.2 Å². The van der Waals surface area contributed by atoms with Gasteiger partial charge in [-0.05, 0) is 40.6 Å². The van der Waals surface area contributed by atoms with Gasteiger partial charge in [0.25, 0.3) is 0 Å². The molecule has 0 aromatic heterocycles. The monoisotopic (exact) mass is 775 g/mol. The Labute approximate surface area is 323 Å². The SMILES string of the molecule is CC(C)C1=[C-]C2=CC(C)N(c3cccc4ccccc34)C2=C1.Cc1cc2c(-c3cccc4ccccc34)ccc(C)c2[cH-]1.Cl.Cl.[CH3-].[CH3-].[Si]=[Zr]. The van der Waals surface area contributed by atoms with Crippen LogP contribution in [0.3, 0.4) is 0 Å². The average molecular weight is 778 g/mol. The predicted molar refractivity (Wildman–Crippen MR) is 219 cm³/mol. The van der Waals surface area contributed by atoms with Crippen LogP contribution in [0.15, 0.2) is 138 Å². The van der Waals surface area contributed by atoms with Gasteiger partial charge >= 0.3 is 30.2 Å². The van der Waals surface area contributed by atoms with Crippen molar-refractivity contribution in [2.45, 2.75) is 40.7 Å². The summed E-state index contributed by atoms with van der Waals surface area (Å²) in [6.07, 6.45) is 8.20. The first-order chi connectivity index (χ1) is 21.9. The van der Waals surface area contributed by atoms with Crippen LogP contribution >= 0.6 is 24.8 Å². The zero-order valence-electron chi connectivity index (χ0n) is 29.5. The van der Waals surface area contributed by atoms with E-state index < -0.39 is 0 Å². The first-order valence-electron chi connectivity index (χ1n) is 15.6. The molecule has 2 aliphatic rings. The Hall–Kier alpha value is -3.07. The number of benzene rings is 5. The number of nitrogens with zero attached hydrogens (tertiary/aromatic N) is 1. The molecule has 252 valence electrons. The Bertz CT molecular complexity index is 2130. The Morgan fingerprint density at radius 1 is 0.735 bits per heavy atom. The molecule has 0 amide bonds. The average Bonchev–Trinajstić information content (AvgIpc) is 3.74. The fourth-order valence-electron chi connectivity index (χ4n) is 6.71. The molecule has 1 unspecified atom stereocenters. The van der Waals surface area contributed by atoms with Crippen molar-refractivity contribution in [2.24, 2.45) is 5.92 Å². The van der Waals surface area contributed by atoms with Crippen molar-refractivity contribution < 1.29 is 23.3 Å². The molecule has 0 saturated heterocycles. The van der Waals surface area contributed by atoms with E-state index in [9.17, 15) is 0 Å². The fourth-order valence-corrected chi connectivity index (χ4v) is 6.71. The molecule has 1 heterocycles. The Balaban J connectivity index is 0.000000301. The number of rotatable bonds is 3. The summed E-state index contributed by atoms with van der Waals surface area (Å²) in [4.78, 5) is 2.44. The normalized spacial score (nSPS) is 14.0. The van der Waals surface area contributed by atoms with E-state index in [1.807, 2.05) is 0 Å². The van der Waals surface area contributed by atoms with Gasteiger partial charge in [0.2, 0.25) is 0 Å². The van der Waals surface area contributed by atoms with Crippen LogP contribution in [-0.2, 0) is 23.3 Å². The Kier molecular flexibility index (Phi) is 15.7. The number of halogens is 2. The molecule has 8 rings (SSSR count). The molecule has 1 atom stereocenters. The number of anilines is 1. The van der Waals surface area contributed by atoms with Gasteiger partial charge in [0, 0.05) is 17.1 Å². The molecule has 1 aliphatic carbocycles. The molecule has 0 spiro atoms. The van der Waals surface area contributed by atoms with E-state index in [0.29, 0.717) is 12.0 Å². The van der Waals surface area contributed by atoms with Crippen LogP contribution in [0.4, 0.5) is 5.69 Å². The van der Waals surface area contributed by atoms with Crippen molar-refractivity contribution in [3.05, 3.63) is 170 Å². The van der Waals surface area contributed by atoms with Crippen LogP contribution in [0.2, 0.25) is 0 Å². The second-order valence-corrected chi connectivity index (χ2v) is 12.3. The van der Waals surface area contributed by atoms with E-state index in [4.69, 9.17) is 0 Å². The van der Waals surface area contributed by atoms with Crippen molar-refractivity contribution >= 4 is 69.7 Å². The van der Waals surface area contributed by atoms with Crippen molar-refractivity contribution in [1.29, 1.82) is 0 Å². The van der Waals surface area contributed by atoms with Crippen LogP contribution in [0.1, 0.15) is 31.9 Å². The standard InChI is InChI=1S/C21H20N.C21H17.2CH3.2ClH.Si.Zr/c1-14(2)17-12-18-11-15(3)22(21(18)13-17)20-10-6-8-16-7-4-5-9-19(16)20;1-14-12-20-15(2)10-11-19(21(20)13-14)18-9-5-7-16-6-3-4-8-17(16)18;;;;;;/h4-11,13-15H,1-3H3;3-13H,1-2H3;2*1H3;2*1H;;/q4*-1;;;;. The van der Waals surface area contributed by atoms with Crippen molar-refractivity contribution in [3.8, 4) is 11.1 Å². The third-order valence-corrected chi connectivity index (χ3v) is 8.90. The minimum absolute atomic E-state index is 0. The number of hydrogen-bond donors (Lipinski definition) is 0. The topological polar surface area (TPSA) is 3.24 Å². The number of allylic oxidation sites excluding steroid dienone is 3. The van der Waals surface area contributed by atoms with Crippen molar-refractivity contribution in [1.82, 2.24) is 0 Å². The molecule has 1 nitrogen and oxygen atoms in total. The first kappa shape index (κ1) is 42.1. The Morgan fingerprint density at radius 3 is 1.98 bits per heavy atom. The summed E-state index contributed by atoms with van der Waals surface area (Å²) in [5, 5.41) is 7.96. The third kappa shape index (κ3) is 8.29. The second kappa shape index (κ2) is 18.2. The van der Waals surface area contributed by atoms with E-state index in [2.05, 4.69) is 174 Å². The van der Waals surface area contributed by atoms with Crippen LogP contribution in [-0.4, -0.2) is 12.9 Å². The molecule has 5 heteroatoms. The zero-order chi connectivity index (χ0) is 31.7. The Morgan fingerprint density at radius 2 is 1.31 bits per heavy atom. The van der Waals surface area contributed by atoms with Gasteiger partial charge in [-0.3, -0.25) is 0 Å². The molecule has 2 radical (unpaired) electrons. The van der Waals surface area contributed by atoms with Crippen molar-refractivity contribution in [2.75, 3.05) is 4.90 Å². The molecule has 0 bridgehead atoms. The maximum atomic E-state index is 3.57. The number of fused-ring (bicyclic) bond motifs is 4. The maximum absolute atomic E-state index is 3.57. The summed E-state index contributed by atoms with van der Waals surface area (Å²) >= 11 is 1.36. The summed E-state index contributed by atoms with van der Waals surface area (Å²) in [5.74, 6) is 0.517. The van der Waals surface area contributed by atoms with Crippen LogP contribution in [0.5, 0.6) is 0 Å². The molecule has 6 aromatic carbocycles. The molecule has 0 saturated carbocycles. The first-order valence-corrected chi connectivity index (χ1v) is 19.8. The van der Waals surface area contributed by atoms with Crippen LogP contribution < -0.4 is 4.90 Å². The van der Waals surface area contributed by atoms with Crippen molar-refractivity contribution in [3.63, 3.8) is 0 Å². The summed E-state index contributed by atoms with van der Waals surface area (Å²) < 4.78 is 0. The molecule has 1 aliphatic heterocycles. The van der Waals surface area contributed by atoms with E-state index in [-0.39, 0.29) is 39.7 Å². The molecule has 49 heavy (non-hydrogen) atoms. The second-order valence-electron chi connectivity index (χ2n) is 12.3. The quantitative estimate of drug-likeness (QED) is 0.128. The zero-order valence-corrected chi connectivity index (χ0v) is 34.6. The van der Waals surface area contributed by atoms with Gasteiger partial charge in [-0.25, -0.2) is 0 Å². The summed E-state index contributed by atoms with van der Waals surface area (Å²) in [7, 11) is 0. The van der Waals surface area contributed by atoms with Crippen LogP contribution in [0.25, 0.3) is 43.4 Å². The van der Waals surface area contributed by atoms with E-state index >= 15 is 0 Å². The number of aryl methyl sites for hydroxylation is 2. The third-order valence-electron chi connectivity index (χ3n) is 8.90. The van der Waals surface area contributed by atoms with E-state index in [1.165, 1.54) is 100 Å². The summed E-state index contributed by atoms with van der Waals surface area (Å²) in [5.41, 5.74) is 10.5. The van der Waals surface area contributed by atoms with Gasteiger partial charge in [-0.2, -0.15) is 6.07 Å². The van der Waals surface area contributed by atoms with Gasteiger partial charge in [0.1, 0.15) is 0 Å². The van der Waals surface area contributed by atoms with Gasteiger partial charge < -0.3 is 19.8 Å². The van der Waals surface area contributed by atoms with Gasteiger partial charge in [0.05, 0.1) is 0 Å². The van der Waals surface area contributed by atoms with Gasteiger partial charge in [0.15, 0.2) is 0 Å². The molecule has 0 N–H and O–H groups in total. The summed E-state index contributed by atoms with van der Waals surface area (Å²) in [6, 6.07) is 39.8.